The fraction of sp³-hybridized carbons (Fsp3) is 0.517. The van der Waals surface area contributed by atoms with Crippen LogP contribution in [-0.4, -0.2) is 94.0 Å². The van der Waals surface area contributed by atoms with E-state index in [4.69, 9.17) is 16.3 Å². The number of rotatable bonds is 10. The topological polar surface area (TPSA) is 82.5 Å². The molecule has 2 heterocycles. The number of halogens is 4. The first-order valence-electron chi connectivity index (χ1n) is 13.9. The molecule has 0 saturated carbocycles. The fourth-order valence-electron chi connectivity index (χ4n) is 5.43. The van der Waals surface area contributed by atoms with Gasteiger partial charge in [0.1, 0.15) is 0 Å². The summed E-state index contributed by atoms with van der Waals surface area (Å²) in [5.41, 5.74) is -0.419. The number of nitrogens with zero attached hydrogens (tertiary/aromatic N) is 4. The highest BCUT2D eigenvalue weighted by atomic mass is 35.5. The predicted octanol–water partition coefficient (Wildman–Crippen LogP) is 5.05. The molecule has 0 amide bonds. The van der Waals surface area contributed by atoms with Crippen molar-refractivity contribution in [2.75, 3.05) is 52.2 Å². The molecule has 2 aromatic rings. The number of aldehydes is 1. The minimum absolute atomic E-state index is 0.0496. The number of alkyl halides is 3. The molecule has 230 valence electrons. The molecule has 4 rings (SSSR count). The second kappa shape index (κ2) is 13.9. The zero-order valence-electron chi connectivity index (χ0n) is 23.7. The molecule has 0 aliphatic carbocycles. The zero-order valence-corrected chi connectivity index (χ0v) is 25.3. The number of carbonyl (C=O) groups is 1. The molecular formula is C29H36ClF3N4O4S. The van der Waals surface area contributed by atoms with Crippen LogP contribution in [0.1, 0.15) is 46.8 Å². The van der Waals surface area contributed by atoms with Crippen molar-refractivity contribution in [3.8, 4) is 0 Å². The van der Waals surface area contributed by atoms with Crippen LogP contribution in [0.15, 0.2) is 40.2 Å². The summed E-state index contributed by atoms with van der Waals surface area (Å²) < 4.78 is 72.7. The van der Waals surface area contributed by atoms with Gasteiger partial charge >= 0.3 is 6.18 Å². The summed E-state index contributed by atoms with van der Waals surface area (Å²) in [6.07, 6.45) is -0.969. The van der Waals surface area contributed by atoms with E-state index < -0.39 is 21.6 Å². The minimum atomic E-state index is -4.64. The molecule has 13 heteroatoms. The van der Waals surface area contributed by atoms with Crippen molar-refractivity contribution >= 4 is 39.8 Å². The summed E-state index contributed by atoms with van der Waals surface area (Å²) >= 11 is 6.11. The molecule has 0 spiro atoms. The number of aliphatic imine (C=N–C) groups is 1. The summed E-state index contributed by atoms with van der Waals surface area (Å²) in [6, 6.07) is 7.15. The van der Waals surface area contributed by atoms with E-state index in [1.807, 2.05) is 4.90 Å². The molecule has 0 atom stereocenters. The predicted molar refractivity (Wildman–Crippen MR) is 156 cm³/mol. The average Bonchev–Trinajstić information content (AvgIpc) is 2.96. The molecule has 2 aliphatic rings. The molecule has 0 N–H and O–H groups in total. The first kappa shape index (κ1) is 32.4. The molecule has 0 unspecified atom stereocenters. The van der Waals surface area contributed by atoms with Gasteiger partial charge in [0.25, 0.3) is 0 Å². The molecular weight excluding hydrogens is 593 g/mol. The van der Waals surface area contributed by atoms with Crippen LogP contribution in [0.2, 0.25) is 5.02 Å². The van der Waals surface area contributed by atoms with E-state index >= 15 is 0 Å². The molecule has 42 heavy (non-hydrogen) atoms. The van der Waals surface area contributed by atoms with E-state index in [1.54, 1.807) is 24.9 Å². The van der Waals surface area contributed by atoms with Crippen molar-refractivity contribution in [2.45, 2.75) is 50.0 Å². The Morgan fingerprint density at radius 1 is 1.10 bits per heavy atom. The quantitative estimate of drug-likeness (QED) is 0.207. The Balaban J connectivity index is 1.53. The lowest BCUT2D eigenvalue weighted by molar-refractivity contribution is -0.138. The maximum absolute atomic E-state index is 14.0. The van der Waals surface area contributed by atoms with E-state index in [0.29, 0.717) is 36.0 Å². The van der Waals surface area contributed by atoms with Gasteiger partial charge in [-0.25, -0.2) is 13.4 Å². The van der Waals surface area contributed by atoms with Crippen LogP contribution in [0.5, 0.6) is 0 Å². The number of hydrogen-bond donors (Lipinski definition) is 0. The Kier molecular flexibility index (Phi) is 10.7. The van der Waals surface area contributed by atoms with Crippen LogP contribution in [0.4, 0.5) is 18.9 Å². The Morgan fingerprint density at radius 2 is 1.79 bits per heavy atom. The van der Waals surface area contributed by atoms with E-state index in [2.05, 4.69) is 9.89 Å². The van der Waals surface area contributed by atoms with Gasteiger partial charge in [-0.2, -0.15) is 13.2 Å². The minimum Gasteiger partial charge on any atom is -0.381 e. The van der Waals surface area contributed by atoms with Gasteiger partial charge in [0.05, 0.1) is 28.2 Å². The number of piperazine rings is 1. The van der Waals surface area contributed by atoms with Gasteiger partial charge in [-0.05, 0) is 54.3 Å². The second-order valence-electron chi connectivity index (χ2n) is 10.7. The van der Waals surface area contributed by atoms with E-state index in [9.17, 15) is 26.4 Å². The van der Waals surface area contributed by atoms with Crippen molar-refractivity contribution in [3.05, 3.63) is 57.6 Å². The van der Waals surface area contributed by atoms with Gasteiger partial charge < -0.3 is 9.64 Å². The van der Waals surface area contributed by atoms with Crippen molar-refractivity contribution in [1.82, 2.24) is 14.7 Å². The van der Waals surface area contributed by atoms with E-state index in [1.165, 1.54) is 24.5 Å². The first-order valence-corrected chi connectivity index (χ1v) is 15.9. The van der Waals surface area contributed by atoms with Crippen LogP contribution in [0, 0.1) is 0 Å². The Bertz CT molecular complexity index is 1390. The summed E-state index contributed by atoms with van der Waals surface area (Å²) in [7, 11) is -1.86. The van der Waals surface area contributed by atoms with Crippen LogP contribution in [0.25, 0.3) is 0 Å². The Labute approximate surface area is 250 Å². The number of carbonyl (C=O) groups excluding carboxylic acids is 1. The fourth-order valence-corrected chi connectivity index (χ4v) is 6.73. The normalized spacial score (nSPS) is 18.0. The molecule has 2 aromatic carbocycles. The zero-order chi connectivity index (χ0) is 30.5. The number of benzene rings is 2. The molecule has 0 aromatic heterocycles. The third kappa shape index (κ3) is 8.10. The first-order chi connectivity index (χ1) is 19.9. The molecule has 2 saturated heterocycles. The molecule has 0 radical (unpaired) electrons. The summed E-state index contributed by atoms with van der Waals surface area (Å²) in [6.45, 7) is 6.03. The SMILES string of the molecule is CCS(=O)(=O)c1ccc(Cl)cc1CN(C)C=Nc1cc(CN2CCN(C3CCOCC3)CC2)c(C(F)(F)F)cc1C=O. The number of hydrogen-bond acceptors (Lipinski definition) is 7. The van der Waals surface area contributed by atoms with Gasteiger partial charge in [-0.15, -0.1) is 0 Å². The summed E-state index contributed by atoms with van der Waals surface area (Å²) in [5.74, 6) is -0.0823. The third-order valence-electron chi connectivity index (χ3n) is 7.74. The molecule has 0 bridgehead atoms. The van der Waals surface area contributed by atoms with Crippen LogP contribution in [-0.2, 0) is 33.8 Å². The molecule has 8 nitrogen and oxygen atoms in total. The Morgan fingerprint density at radius 3 is 2.40 bits per heavy atom. The monoisotopic (exact) mass is 628 g/mol. The maximum atomic E-state index is 14.0. The average molecular weight is 629 g/mol. The maximum Gasteiger partial charge on any atom is 0.416 e. The Hall–Kier alpha value is -2.51. The summed E-state index contributed by atoms with van der Waals surface area (Å²) in [4.78, 5) is 22.3. The van der Waals surface area contributed by atoms with Gasteiger partial charge in [-0.3, -0.25) is 14.6 Å². The third-order valence-corrected chi connectivity index (χ3v) is 9.81. The van der Waals surface area contributed by atoms with Crippen molar-refractivity contribution in [3.63, 3.8) is 0 Å². The largest absolute Gasteiger partial charge is 0.416 e. The summed E-state index contributed by atoms with van der Waals surface area (Å²) in [5, 5.41) is 0.370. The smallest absolute Gasteiger partial charge is 0.381 e. The molecule has 2 fully saturated rings. The van der Waals surface area contributed by atoms with E-state index in [0.717, 1.165) is 45.2 Å². The van der Waals surface area contributed by atoms with Crippen LogP contribution in [0.3, 0.4) is 0 Å². The highest BCUT2D eigenvalue weighted by Crippen LogP contribution is 2.36. The van der Waals surface area contributed by atoms with Crippen molar-refractivity contribution < 1.29 is 31.1 Å². The van der Waals surface area contributed by atoms with E-state index in [-0.39, 0.29) is 40.6 Å². The van der Waals surface area contributed by atoms with Gasteiger partial charge in [0, 0.05) is 76.2 Å². The van der Waals surface area contributed by atoms with Crippen LogP contribution >= 0.6 is 11.6 Å². The highest BCUT2D eigenvalue weighted by Gasteiger charge is 2.35. The highest BCUT2D eigenvalue weighted by molar-refractivity contribution is 7.91. The van der Waals surface area contributed by atoms with Gasteiger partial charge in [0.2, 0.25) is 0 Å². The van der Waals surface area contributed by atoms with Crippen molar-refractivity contribution in [1.29, 1.82) is 0 Å². The number of ether oxygens (including phenoxy) is 1. The van der Waals surface area contributed by atoms with Gasteiger partial charge in [-0.1, -0.05) is 18.5 Å². The number of sulfone groups is 1. The van der Waals surface area contributed by atoms with Gasteiger partial charge in [0.15, 0.2) is 16.1 Å². The second-order valence-corrected chi connectivity index (χ2v) is 13.3. The molecule has 2 aliphatic heterocycles. The van der Waals surface area contributed by atoms with Crippen molar-refractivity contribution in [2.24, 2.45) is 4.99 Å². The standard InChI is InChI=1S/C29H36ClF3N4O4S/c1-3-42(39,40)28-5-4-24(30)14-22(28)17-35(2)20-34-27-16-21(26(29(31,32)33)15-23(27)19-38)18-36-8-10-37(11-9-36)25-6-12-41-13-7-25/h4-5,14-16,19-20,25H,3,6-13,17-18H2,1-2H3. The lowest BCUT2D eigenvalue weighted by Crippen LogP contribution is -2.51. The van der Waals surface area contributed by atoms with Crippen LogP contribution < -0.4 is 0 Å². The lowest BCUT2D eigenvalue weighted by Gasteiger charge is -2.40. The lowest BCUT2D eigenvalue weighted by atomic mass is 10.0.